The van der Waals surface area contributed by atoms with Crippen molar-refractivity contribution in [1.29, 1.82) is 0 Å². The standard InChI is InChI=1S/C32H33N3O6/c1-40-31(38)27(18-21-10-3-2-4-11-21)34-30(37)28-16-9-17-35(28)29(36)19-33-32(39)41-20-26-24-14-7-5-12-22(24)23-13-6-8-15-25(23)26/h2-8,10-15,26-28H,9,16-20H2,1H3,(H,33,39)(H,34,37)/t27-,28-/m0/s1. The van der Waals surface area contributed by atoms with Crippen LogP contribution in [-0.2, 0) is 30.3 Å². The normalized spacial score (nSPS) is 16.3. The van der Waals surface area contributed by atoms with Crippen molar-refractivity contribution in [2.45, 2.75) is 37.3 Å². The van der Waals surface area contributed by atoms with Crippen LogP contribution in [0.5, 0.6) is 0 Å². The zero-order valence-electron chi connectivity index (χ0n) is 22.9. The molecule has 2 N–H and O–H groups in total. The summed E-state index contributed by atoms with van der Waals surface area (Å²) in [6, 6.07) is 23.8. The molecule has 9 heteroatoms. The van der Waals surface area contributed by atoms with E-state index in [1.807, 2.05) is 66.7 Å². The van der Waals surface area contributed by atoms with Crippen LogP contribution in [0.15, 0.2) is 78.9 Å². The van der Waals surface area contributed by atoms with Crippen molar-refractivity contribution in [1.82, 2.24) is 15.5 Å². The van der Waals surface area contributed by atoms with Gasteiger partial charge in [-0.1, -0.05) is 78.9 Å². The van der Waals surface area contributed by atoms with Gasteiger partial charge in [0.1, 0.15) is 25.2 Å². The number of ether oxygens (including phenoxy) is 2. The van der Waals surface area contributed by atoms with Gasteiger partial charge in [-0.3, -0.25) is 9.59 Å². The first-order valence-corrected chi connectivity index (χ1v) is 13.8. The maximum Gasteiger partial charge on any atom is 0.407 e. The first kappa shape index (κ1) is 27.9. The van der Waals surface area contributed by atoms with Crippen LogP contribution in [0.3, 0.4) is 0 Å². The van der Waals surface area contributed by atoms with Gasteiger partial charge in [0, 0.05) is 18.9 Å². The SMILES string of the molecule is COC(=O)[C@H](Cc1ccccc1)NC(=O)[C@@H]1CCCN1C(=O)CNC(=O)OCC1c2ccccc2-c2ccccc21. The van der Waals surface area contributed by atoms with Crippen molar-refractivity contribution in [3.8, 4) is 11.1 Å². The van der Waals surface area contributed by atoms with Crippen molar-refractivity contribution < 1.29 is 28.7 Å². The van der Waals surface area contributed by atoms with E-state index in [0.29, 0.717) is 19.4 Å². The summed E-state index contributed by atoms with van der Waals surface area (Å²) in [5.41, 5.74) is 5.32. The molecule has 212 valence electrons. The molecule has 1 saturated heterocycles. The van der Waals surface area contributed by atoms with E-state index in [1.54, 1.807) is 0 Å². The largest absolute Gasteiger partial charge is 0.467 e. The number of benzene rings is 3. The summed E-state index contributed by atoms with van der Waals surface area (Å²) in [6.45, 7) is 0.217. The zero-order chi connectivity index (χ0) is 28.8. The first-order chi connectivity index (χ1) is 20.0. The van der Waals surface area contributed by atoms with Crippen molar-refractivity contribution in [2.75, 3.05) is 26.8 Å². The number of alkyl carbamates (subject to hydrolysis) is 1. The van der Waals surface area contributed by atoms with E-state index in [4.69, 9.17) is 9.47 Å². The van der Waals surface area contributed by atoms with Crippen LogP contribution in [0, 0.1) is 0 Å². The summed E-state index contributed by atoms with van der Waals surface area (Å²) in [5.74, 6) is -1.47. The molecule has 0 unspecified atom stereocenters. The van der Waals surface area contributed by atoms with Crippen LogP contribution in [0.2, 0.25) is 0 Å². The minimum absolute atomic E-state index is 0.0887. The van der Waals surface area contributed by atoms with Crippen LogP contribution in [0.4, 0.5) is 4.79 Å². The fourth-order valence-electron chi connectivity index (χ4n) is 5.69. The molecule has 3 aromatic carbocycles. The number of nitrogens with one attached hydrogen (secondary N) is 2. The second kappa shape index (κ2) is 12.7. The van der Waals surface area contributed by atoms with E-state index in [2.05, 4.69) is 22.8 Å². The Bertz CT molecular complexity index is 1380. The Morgan fingerprint density at radius 2 is 1.54 bits per heavy atom. The van der Waals surface area contributed by atoms with Gasteiger partial charge in [0.25, 0.3) is 0 Å². The van der Waals surface area contributed by atoms with Crippen LogP contribution in [-0.4, -0.2) is 67.7 Å². The zero-order valence-corrected chi connectivity index (χ0v) is 22.9. The molecule has 3 aromatic rings. The summed E-state index contributed by atoms with van der Waals surface area (Å²) in [7, 11) is 1.27. The highest BCUT2D eigenvalue weighted by Crippen LogP contribution is 2.44. The number of carbonyl (C=O) groups excluding carboxylic acids is 4. The minimum Gasteiger partial charge on any atom is -0.467 e. The molecule has 1 fully saturated rings. The summed E-state index contributed by atoms with van der Waals surface area (Å²) < 4.78 is 10.4. The van der Waals surface area contributed by atoms with Gasteiger partial charge in [0.15, 0.2) is 0 Å². The first-order valence-electron chi connectivity index (χ1n) is 13.8. The Morgan fingerprint density at radius 1 is 0.902 bits per heavy atom. The molecular weight excluding hydrogens is 522 g/mol. The number of likely N-dealkylation sites (tertiary alicyclic amines) is 1. The molecule has 1 aliphatic heterocycles. The lowest BCUT2D eigenvalue weighted by molar-refractivity contribution is -0.146. The number of carbonyl (C=O) groups is 4. The van der Waals surface area contributed by atoms with E-state index in [1.165, 1.54) is 12.0 Å². The van der Waals surface area contributed by atoms with Gasteiger partial charge in [0.05, 0.1) is 7.11 Å². The van der Waals surface area contributed by atoms with E-state index < -0.39 is 36.0 Å². The molecule has 3 amide bonds. The average Bonchev–Trinajstić information content (AvgIpc) is 3.62. The highest BCUT2D eigenvalue weighted by Gasteiger charge is 2.36. The van der Waals surface area contributed by atoms with Gasteiger partial charge in [-0.25, -0.2) is 9.59 Å². The summed E-state index contributed by atoms with van der Waals surface area (Å²) in [5, 5.41) is 5.29. The van der Waals surface area contributed by atoms with Crippen molar-refractivity contribution in [2.24, 2.45) is 0 Å². The molecule has 2 aliphatic rings. The highest BCUT2D eigenvalue weighted by atomic mass is 16.5. The molecule has 2 atom stereocenters. The fraction of sp³-hybridized carbons (Fsp3) is 0.312. The van der Waals surface area contributed by atoms with Crippen LogP contribution >= 0.6 is 0 Å². The average molecular weight is 556 g/mol. The molecule has 5 rings (SSSR count). The molecule has 1 aliphatic carbocycles. The predicted octanol–water partition coefficient (Wildman–Crippen LogP) is 3.42. The summed E-state index contributed by atoms with van der Waals surface area (Å²) in [4.78, 5) is 52.5. The Balaban J connectivity index is 1.14. The van der Waals surface area contributed by atoms with Crippen molar-refractivity contribution in [3.05, 3.63) is 95.6 Å². The van der Waals surface area contributed by atoms with Gasteiger partial charge < -0.3 is 25.0 Å². The number of hydrogen-bond acceptors (Lipinski definition) is 6. The third-order valence-electron chi connectivity index (χ3n) is 7.69. The maximum absolute atomic E-state index is 13.1. The molecule has 0 radical (unpaired) electrons. The minimum atomic E-state index is -0.883. The van der Waals surface area contributed by atoms with Gasteiger partial charge in [-0.15, -0.1) is 0 Å². The lowest BCUT2D eigenvalue weighted by atomic mass is 9.98. The summed E-state index contributed by atoms with van der Waals surface area (Å²) >= 11 is 0. The molecule has 0 saturated carbocycles. The van der Waals surface area contributed by atoms with E-state index in [-0.39, 0.29) is 25.5 Å². The lowest BCUT2D eigenvalue weighted by Gasteiger charge is -2.26. The van der Waals surface area contributed by atoms with E-state index in [9.17, 15) is 19.2 Å². The number of hydrogen-bond donors (Lipinski definition) is 2. The smallest absolute Gasteiger partial charge is 0.407 e. The lowest BCUT2D eigenvalue weighted by Crippen LogP contribution is -2.53. The van der Waals surface area contributed by atoms with Crippen molar-refractivity contribution in [3.63, 3.8) is 0 Å². The third kappa shape index (κ3) is 6.24. The third-order valence-corrected chi connectivity index (χ3v) is 7.69. The van der Waals surface area contributed by atoms with E-state index in [0.717, 1.165) is 27.8 Å². The highest BCUT2D eigenvalue weighted by molar-refractivity contribution is 5.92. The van der Waals surface area contributed by atoms with E-state index >= 15 is 0 Å². The van der Waals surface area contributed by atoms with Gasteiger partial charge in [-0.05, 0) is 40.7 Å². The number of rotatable bonds is 9. The second-order valence-corrected chi connectivity index (χ2v) is 10.2. The van der Waals surface area contributed by atoms with Crippen LogP contribution in [0.1, 0.15) is 35.4 Å². The number of amides is 3. The van der Waals surface area contributed by atoms with Crippen molar-refractivity contribution >= 4 is 23.9 Å². The van der Waals surface area contributed by atoms with Crippen LogP contribution in [0.25, 0.3) is 11.1 Å². The van der Waals surface area contributed by atoms with Gasteiger partial charge in [0.2, 0.25) is 11.8 Å². The van der Waals surface area contributed by atoms with Crippen LogP contribution < -0.4 is 10.6 Å². The molecule has 0 bridgehead atoms. The molecular formula is C32H33N3O6. The van der Waals surface area contributed by atoms with Gasteiger partial charge in [-0.2, -0.15) is 0 Å². The summed E-state index contributed by atoms with van der Waals surface area (Å²) in [6.07, 6.45) is 0.662. The molecule has 41 heavy (non-hydrogen) atoms. The number of nitrogens with zero attached hydrogens (tertiary/aromatic N) is 1. The number of methoxy groups -OCH3 is 1. The molecule has 1 heterocycles. The Labute approximate surface area is 238 Å². The molecule has 0 spiro atoms. The fourth-order valence-corrected chi connectivity index (χ4v) is 5.69. The predicted molar refractivity (Wildman–Crippen MR) is 152 cm³/mol. The van der Waals surface area contributed by atoms with Gasteiger partial charge >= 0.3 is 12.1 Å². The quantitative estimate of drug-likeness (QED) is 0.391. The monoisotopic (exact) mass is 555 g/mol. The number of esters is 1. The Morgan fingerprint density at radius 3 is 2.20 bits per heavy atom. The Kier molecular flexibility index (Phi) is 8.62. The molecule has 9 nitrogen and oxygen atoms in total. The number of fused-ring (bicyclic) bond motifs is 3. The topological polar surface area (TPSA) is 114 Å². The molecule has 0 aromatic heterocycles. The Hall–Kier alpha value is -4.66. The maximum atomic E-state index is 13.1. The second-order valence-electron chi connectivity index (χ2n) is 10.2.